The monoisotopic (exact) mass is 318 g/mol. The molecule has 0 unspecified atom stereocenters. The predicted octanol–water partition coefficient (Wildman–Crippen LogP) is 1.99. The van der Waals surface area contributed by atoms with Crippen molar-refractivity contribution in [3.8, 4) is 0 Å². The molecule has 1 amide bonds. The van der Waals surface area contributed by atoms with Crippen molar-refractivity contribution in [3.05, 3.63) is 53.6 Å². The van der Waals surface area contributed by atoms with Crippen LogP contribution < -0.4 is 10.6 Å². The van der Waals surface area contributed by atoms with Crippen molar-refractivity contribution in [1.82, 2.24) is 15.3 Å². The second-order valence-corrected chi connectivity index (χ2v) is 4.88. The van der Waals surface area contributed by atoms with E-state index >= 15 is 0 Å². The molecule has 0 aliphatic carbocycles. The Morgan fingerprint density at radius 3 is 2.57 bits per heavy atom. The summed E-state index contributed by atoms with van der Waals surface area (Å²) < 4.78 is 17.7. The van der Waals surface area contributed by atoms with Crippen LogP contribution in [0.2, 0.25) is 0 Å². The molecule has 0 atom stereocenters. The third-order valence-corrected chi connectivity index (χ3v) is 3.09. The summed E-state index contributed by atoms with van der Waals surface area (Å²) >= 11 is 0. The normalized spacial score (nSPS) is 10.3. The van der Waals surface area contributed by atoms with Crippen molar-refractivity contribution >= 4 is 11.9 Å². The van der Waals surface area contributed by atoms with Gasteiger partial charge in [0.15, 0.2) is 0 Å². The first kappa shape index (κ1) is 16.8. The zero-order valence-corrected chi connectivity index (χ0v) is 12.9. The highest BCUT2D eigenvalue weighted by atomic mass is 19.1. The van der Waals surface area contributed by atoms with Crippen LogP contribution in [0, 0.1) is 5.82 Å². The minimum Gasteiger partial charge on any atom is -0.385 e. The van der Waals surface area contributed by atoms with Crippen LogP contribution in [-0.4, -0.2) is 36.1 Å². The van der Waals surface area contributed by atoms with Crippen LogP contribution in [0.3, 0.4) is 0 Å². The molecule has 0 saturated heterocycles. The summed E-state index contributed by atoms with van der Waals surface area (Å²) in [5.74, 6) is -0.112. The van der Waals surface area contributed by atoms with Crippen molar-refractivity contribution in [2.45, 2.75) is 13.0 Å². The molecule has 1 aromatic carbocycles. The van der Waals surface area contributed by atoms with Crippen molar-refractivity contribution in [3.63, 3.8) is 0 Å². The Kier molecular flexibility index (Phi) is 6.43. The Hall–Kier alpha value is -2.54. The molecule has 0 bridgehead atoms. The first-order valence-electron chi connectivity index (χ1n) is 7.26. The van der Waals surface area contributed by atoms with E-state index in [4.69, 9.17) is 4.74 Å². The molecule has 1 aromatic heterocycles. The number of amides is 1. The van der Waals surface area contributed by atoms with E-state index in [0.717, 1.165) is 12.0 Å². The zero-order chi connectivity index (χ0) is 16.5. The number of halogens is 1. The minimum absolute atomic E-state index is 0.278. The molecule has 23 heavy (non-hydrogen) atoms. The van der Waals surface area contributed by atoms with Gasteiger partial charge in [-0.3, -0.25) is 4.79 Å². The number of nitrogens with zero attached hydrogens (tertiary/aromatic N) is 2. The van der Waals surface area contributed by atoms with E-state index in [2.05, 4.69) is 20.6 Å². The van der Waals surface area contributed by atoms with Gasteiger partial charge in [0.05, 0.1) is 5.56 Å². The van der Waals surface area contributed by atoms with Gasteiger partial charge in [-0.1, -0.05) is 12.1 Å². The number of aromatic nitrogens is 2. The number of carbonyl (C=O) groups is 1. The van der Waals surface area contributed by atoms with E-state index in [-0.39, 0.29) is 11.7 Å². The zero-order valence-electron chi connectivity index (χ0n) is 12.9. The third kappa shape index (κ3) is 5.63. The van der Waals surface area contributed by atoms with Gasteiger partial charge in [-0.15, -0.1) is 0 Å². The third-order valence-electron chi connectivity index (χ3n) is 3.09. The van der Waals surface area contributed by atoms with Gasteiger partial charge in [0.25, 0.3) is 5.91 Å². The maximum Gasteiger partial charge on any atom is 0.254 e. The minimum atomic E-state index is -0.304. The summed E-state index contributed by atoms with van der Waals surface area (Å²) in [6.07, 6.45) is 3.77. The average molecular weight is 318 g/mol. The Labute approximate surface area is 134 Å². The van der Waals surface area contributed by atoms with Crippen LogP contribution in [0.25, 0.3) is 0 Å². The number of ether oxygens (including phenoxy) is 1. The van der Waals surface area contributed by atoms with E-state index in [0.29, 0.717) is 31.2 Å². The standard InChI is InChI=1S/C16H19FN4O2/c1-23-8-2-7-18-16-20-10-13(11-21-16)15(22)19-9-12-3-5-14(17)6-4-12/h3-6,10-11H,2,7-9H2,1H3,(H,19,22)(H,18,20,21). The Morgan fingerprint density at radius 1 is 1.22 bits per heavy atom. The topological polar surface area (TPSA) is 76.1 Å². The summed E-state index contributed by atoms with van der Waals surface area (Å²) in [7, 11) is 1.65. The van der Waals surface area contributed by atoms with Crippen LogP contribution in [0.15, 0.2) is 36.7 Å². The Morgan fingerprint density at radius 2 is 1.91 bits per heavy atom. The number of nitrogens with one attached hydrogen (secondary N) is 2. The number of methoxy groups -OCH3 is 1. The number of hydrogen-bond acceptors (Lipinski definition) is 5. The largest absolute Gasteiger partial charge is 0.385 e. The van der Waals surface area contributed by atoms with Crippen LogP contribution in [-0.2, 0) is 11.3 Å². The SMILES string of the molecule is COCCCNc1ncc(C(=O)NCc2ccc(F)cc2)cn1. The fourth-order valence-corrected chi connectivity index (χ4v) is 1.84. The maximum atomic E-state index is 12.8. The van der Waals surface area contributed by atoms with Gasteiger partial charge in [-0.2, -0.15) is 0 Å². The molecule has 1 heterocycles. The quantitative estimate of drug-likeness (QED) is 0.728. The van der Waals surface area contributed by atoms with Gasteiger partial charge in [-0.25, -0.2) is 14.4 Å². The summed E-state index contributed by atoms with van der Waals surface area (Å²) in [6, 6.07) is 5.96. The Bertz CT molecular complexity index is 617. The molecule has 0 fully saturated rings. The van der Waals surface area contributed by atoms with E-state index in [9.17, 15) is 9.18 Å². The van der Waals surface area contributed by atoms with Gasteiger partial charge < -0.3 is 15.4 Å². The molecule has 0 radical (unpaired) electrons. The molecule has 2 aromatic rings. The van der Waals surface area contributed by atoms with Crippen LogP contribution in [0.1, 0.15) is 22.3 Å². The summed E-state index contributed by atoms with van der Waals surface area (Å²) in [5.41, 5.74) is 1.19. The van der Waals surface area contributed by atoms with E-state index in [1.807, 2.05) is 0 Å². The molecule has 0 aliphatic heterocycles. The summed E-state index contributed by atoms with van der Waals surface area (Å²) in [5, 5.41) is 5.78. The van der Waals surface area contributed by atoms with Crippen molar-refractivity contribution in [2.75, 3.05) is 25.6 Å². The van der Waals surface area contributed by atoms with Gasteiger partial charge >= 0.3 is 0 Å². The van der Waals surface area contributed by atoms with Gasteiger partial charge in [-0.05, 0) is 24.1 Å². The fourth-order valence-electron chi connectivity index (χ4n) is 1.84. The molecule has 2 N–H and O–H groups in total. The number of rotatable bonds is 8. The summed E-state index contributed by atoms with van der Waals surface area (Å²) in [4.78, 5) is 20.2. The van der Waals surface area contributed by atoms with E-state index in [1.54, 1.807) is 19.2 Å². The highest BCUT2D eigenvalue weighted by Crippen LogP contribution is 2.04. The smallest absolute Gasteiger partial charge is 0.254 e. The first-order valence-corrected chi connectivity index (χ1v) is 7.26. The molecule has 0 saturated carbocycles. The molecule has 6 nitrogen and oxygen atoms in total. The fraction of sp³-hybridized carbons (Fsp3) is 0.312. The molecule has 0 aliphatic rings. The molecule has 7 heteroatoms. The Balaban J connectivity index is 1.81. The van der Waals surface area contributed by atoms with Crippen LogP contribution >= 0.6 is 0 Å². The number of hydrogen-bond donors (Lipinski definition) is 2. The maximum absolute atomic E-state index is 12.8. The van der Waals surface area contributed by atoms with Crippen molar-refractivity contribution < 1.29 is 13.9 Å². The molecule has 2 rings (SSSR count). The lowest BCUT2D eigenvalue weighted by molar-refractivity contribution is 0.0950. The van der Waals surface area contributed by atoms with Crippen molar-refractivity contribution in [2.24, 2.45) is 0 Å². The lowest BCUT2D eigenvalue weighted by Gasteiger charge is -2.07. The molecular formula is C16H19FN4O2. The first-order chi connectivity index (χ1) is 11.2. The van der Waals surface area contributed by atoms with Crippen LogP contribution in [0.4, 0.5) is 10.3 Å². The van der Waals surface area contributed by atoms with Crippen LogP contribution in [0.5, 0.6) is 0 Å². The number of anilines is 1. The second-order valence-electron chi connectivity index (χ2n) is 4.88. The second kappa shape index (κ2) is 8.79. The number of benzene rings is 1. The van der Waals surface area contributed by atoms with Gasteiger partial charge in [0.2, 0.25) is 5.95 Å². The summed E-state index contributed by atoms with van der Waals surface area (Å²) in [6.45, 7) is 1.68. The number of carbonyl (C=O) groups excluding carboxylic acids is 1. The highest BCUT2D eigenvalue weighted by molar-refractivity contribution is 5.93. The molecule has 0 spiro atoms. The molecular weight excluding hydrogens is 299 g/mol. The predicted molar refractivity (Wildman–Crippen MR) is 84.6 cm³/mol. The van der Waals surface area contributed by atoms with E-state index < -0.39 is 0 Å². The van der Waals surface area contributed by atoms with Gasteiger partial charge in [0, 0.05) is 39.2 Å². The molecule has 122 valence electrons. The van der Waals surface area contributed by atoms with Crippen molar-refractivity contribution in [1.29, 1.82) is 0 Å². The van der Waals surface area contributed by atoms with E-state index in [1.165, 1.54) is 24.5 Å². The average Bonchev–Trinajstić information content (AvgIpc) is 2.58. The lowest BCUT2D eigenvalue weighted by Crippen LogP contribution is -2.23. The lowest BCUT2D eigenvalue weighted by atomic mass is 10.2. The van der Waals surface area contributed by atoms with Gasteiger partial charge in [0.1, 0.15) is 5.82 Å². The highest BCUT2D eigenvalue weighted by Gasteiger charge is 2.07.